The molecule has 1 N–H and O–H groups in total. The third kappa shape index (κ3) is 2.90. The largest absolute Gasteiger partial charge is 0.478 e. The number of nitrogens with zero attached hydrogens (tertiary/aromatic N) is 3. The molecule has 106 valence electrons. The molecule has 3 aromatic heterocycles. The minimum Gasteiger partial charge on any atom is -0.478 e. The third-order valence-corrected chi connectivity index (χ3v) is 4.06. The third-order valence-electron chi connectivity index (χ3n) is 3.08. The van der Waals surface area contributed by atoms with E-state index in [0.29, 0.717) is 5.75 Å². The standard InChI is InChI=1S/C15H13N3O2S/c1-10-3-2-6-18-8-12(17-14(10)18)9-21-13-5-4-11(7-16-13)15(19)20/h2-8H,9H2,1H3,(H,19,20). The Hall–Kier alpha value is -2.34. The van der Waals surface area contributed by atoms with Gasteiger partial charge in [0.25, 0.3) is 0 Å². The van der Waals surface area contributed by atoms with E-state index in [2.05, 4.69) is 9.97 Å². The van der Waals surface area contributed by atoms with Crippen LogP contribution in [0.3, 0.4) is 0 Å². The molecule has 0 atom stereocenters. The molecule has 0 radical (unpaired) electrons. The molecule has 5 nitrogen and oxygen atoms in total. The average Bonchev–Trinajstić information content (AvgIpc) is 2.90. The van der Waals surface area contributed by atoms with Crippen LogP contribution in [0.1, 0.15) is 21.6 Å². The fourth-order valence-electron chi connectivity index (χ4n) is 2.01. The normalized spacial score (nSPS) is 10.9. The highest BCUT2D eigenvalue weighted by molar-refractivity contribution is 7.98. The Morgan fingerprint density at radius 1 is 1.38 bits per heavy atom. The number of rotatable bonds is 4. The zero-order valence-electron chi connectivity index (χ0n) is 11.4. The highest BCUT2D eigenvalue weighted by Gasteiger charge is 2.06. The minimum absolute atomic E-state index is 0.197. The number of aryl methyl sites for hydroxylation is 1. The van der Waals surface area contributed by atoms with Gasteiger partial charge >= 0.3 is 5.97 Å². The second kappa shape index (κ2) is 5.57. The van der Waals surface area contributed by atoms with E-state index < -0.39 is 5.97 Å². The molecule has 21 heavy (non-hydrogen) atoms. The van der Waals surface area contributed by atoms with Gasteiger partial charge in [-0.15, -0.1) is 0 Å². The van der Waals surface area contributed by atoms with E-state index in [1.54, 1.807) is 12.1 Å². The average molecular weight is 299 g/mol. The van der Waals surface area contributed by atoms with Crippen LogP contribution in [-0.2, 0) is 5.75 Å². The van der Waals surface area contributed by atoms with E-state index in [1.165, 1.54) is 18.0 Å². The van der Waals surface area contributed by atoms with E-state index in [1.807, 2.05) is 35.9 Å². The fraction of sp³-hybridized carbons (Fsp3) is 0.133. The van der Waals surface area contributed by atoms with Gasteiger partial charge in [0, 0.05) is 24.3 Å². The predicted molar refractivity (Wildman–Crippen MR) is 80.7 cm³/mol. The summed E-state index contributed by atoms with van der Waals surface area (Å²) in [6.07, 6.45) is 5.35. The molecule has 0 saturated carbocycles. The van der Waals surface area contributed by atoms with Crippen LogP contribution in [-0.4, -0.2) is 25.4 Å². The second-order valence-corrected chi connectivity index (χ2v) is 5.63. The van der Waals surface area contributed by atoms with Crippen molar-refractivity contribution in [1.82, 2.24) is 14.4 Å². The van der Waals surface area contributed by atoms with E-state index in [9.17, 15) is 4.79 Å². The van der Waals surface area contributed by atoms with Crippen LogP contribution in [0.4, 0.5) is 0 Å². The van der Waals surface area contributed by atoms with Crippen LogP contribution in [0.15, 0.2) is 47.9 Å². The highest BCUT2D eigenvalue weighted by Crippen LogP contribution is 2.21. The van der Waals surface area contributed by atoms with Crippen molar-refractivity contribution >= 4 is 23.4 Å². The molecule has 3 rings (SSSR count). The second-order valence-electron chi connectivity index (χ2n) is 4.63. The van der Waals surface area contributed by atoms with Gasteiger partial charge in [0.2, 0.25) is 0 Å². The van der Waals surface area contributed by atoms with Gasteiger partial charge in [-0.2, -0.15) is 0 Å². The van der Waals surface area contributed by atoms with Gasteiger partial charge in [-0.1, -0.05) is 17.8 Å². The quantitative estimate of drug-likeness (QED) is 0.750. The number of hydrogen-bond acceptors (Lipinski definition) is 4. The fourth-order valence-corrected chi connectivity index (χ4v) is 2.74. The van der Waals surface area contributed by atoms with Crippen molar-refractivity contribution in [2.75, 3.05) is 0 Å². The first kappa shape index (κ1) is 13.6. The molecule has 0 aromatic carbocycles. The first-order valence-corrected chi connectivity index (χ1v) is 7.37. The molecule has 0 saturated heterocycles. The molecule has 0 unspecified atom stereocenters. The predicted octanol–water partition coefficient (Wildman–Crippen LogP) is 3.03. The monoisotopic (exact) mass is 299 g/mol. The van der Waals surface area contributed by atoms with Crippen LogP contribution in [0.2, 0.25) is 0 Å². The lowest BCUT2D eigenvalue weighted by atomic mass is 10.3. The van der Waals surface area contributed by atoms with Crippen molar-refractivity contribution in [1.29, 1.82) is 0 Å². The maximum atomic E-state index is 10.8. The Kier molecular flexibility index (Phi) is 3.62. The van der Waals surface area contributed by atoms with E-state index in [4.69, 9.17) is 5.11 Å². The van der Waals surface area contributed by atoms with Crippen LogP contribution in [0, 0.1) is 6.92 Å². The topological polar surface area (TPSA) is 67.5 Å². The molecule has 3 aromatic rings. The summed E-state index contributed by atoms with van der Waals surface area (Å²) in [6, 6.07) is 7.30. The van der Waals surface area contributed by atoms with Gasteiger partial charge in [-0.25, -0.2) is 14.8 Å². The lowest BCUT2D eigenvalue weighted by Crippen LogP contribution is -1.96. The van der Waals surface area contributed by atoms with E-state index in [0.717, 1.165) is 21.9 Å². The van der Waals surface area contributed by atoms with Crippen molar-refractivity contribution in [2.24, 2.45) is 0 Å². The van der Waals surface area contributed by atoms with Crippen molar-refractivity contribution in [3.05, 3.63) is 59.7 Å². The van der Waals surface area contributed by atoms with Crippen LogP contribution in [0.25, 0.3) is 5.65 Å². The zero-order chi connectivity index (χ0) is 14.8. The van der Waals surface area contributed by atoms with Gasteiger partial charge < -0.3 is 9.51 Å². The zero-order valence-corrected chi connectivity index (χ0v) is 12.2. The number of pyridine rings is 2. The summed E-state index contributed by atoms with van der Waals surface area (Å²) >= 11 is 1.54. The number of aromatic carboxylic acids is 1. The van der Waals surface area contributed by atoms with Crippen molar-refractivity contribution in [3.8, 4) is 0 Å². The van der Waals surface area contributed by atoms with E-state index >= 15 is 0 Å². The van der Waals surface area contributed by atoms with Gasteiger partial charge in [0.05, 0.1) is 16.3 Å². The number of carbonyl (C=O) groups is 1. The minimum atomic E-state index is -0.963. The SMILES string of the molecule is Cc1cccn2cc(CSc3ccc(C(=O)O)cn3)nc12. The van der Waals surface area contributed by atoms with Crippen LogP contribution < -0.4 is 0 Å². The number of fused-ring (bicyclic) bond motifs is 1. The van der Waals surface area contributed by atoms with Gasteiger partial charge in [-0.05, 0) is 30.7 Å². The summed E-state index contributed by atoms with van der Waals surface area (Å²) in [5.41, 5.74) is 3.26. The highest BCUT2D eigenvalue weighted by atomic mass is 32.2. The smallest absolute Gasteiger partial charge is 0.337 e. The van der Waals surface area contributed by atoms with Gasteiger partial charge in [0.1, 0.15) is 5.65 Å². The van der Waals surface area contributed by atoms with Gasteiger partial charge in [-0.3, -0.25) is 0 Å². The molecule has 0 amide bonds. The summed E-state index contributed by atoms with van der Waals surface area (Å²) < 4.78 is 2.01. The number of aromatic nitrogens is 3. The summed E-state index contributed by atoms with van der Waals surface area (Å²) in [6.45, 7) is 2.03. The molecule has 0 bridgehead atoms. The Balaban J connectivity index is 1.74. The maximum Gasteiger partial charge on any atom is 0.337 e. The Morgan fingerprint density at radius 3 is 2.90 bits per heavy atom. The summed E-state index contributed by atoms with van der Waals surface area (Å²) in [5.74, 6) is -0.268. The summed E-state index contributed by atoms with van der Waals surface area (Å²) in [7, 11) is 0. The molecule has 0 aliphatic carbocycles. The number of thioether (sulfide) groups is 1. The molecule has 3 heterocycles. The van der Waals surface area contributed by atoms with Crippen molar-refractivity contribution < 1.29 is 9.90 Å². The molecule has 0 aliphatic rings. The van der Waals surface area contributed by atoms with Crippen LogP contribution in [0.5, 0.6) is 0 Å². The maximum absolute atomic E-state index is 10.8. The molecular weight excluding hydrogens is 286 g/mol. The van der Waals surface area contributed by atoms with Gasteiger partial charge in [0.15, 0.2) is 0 Å². The first-order chi connectivity index (χ1) is 10.1. The lowest BCUT2D eigenvalue weighted by Gasteiger charge is -1.99. The Morgan fingerprint density at radius 2 is 2.24 bits per heavy atom. The summed E-state index contributed by atoms with van der Waals surface area (Å²) in [4.78, 5) is 19.5. The number of hydrogen-bond donors (Lipinski definition) is 1. The van der Waals surface area contributed by atoms with Crippen molar-refractivity contribution in [2.45, 2.75) is 17.7 Å². The Labute approximate surface area is 125 Å². The summed E-state index contributed by atoms with van der Waals surface area (Å²) in [5, 5.41) is 9.62. The molecule has 0 fully saturated rings. The number of carboxylic acids is 1. The molecule has 0 spiro atoms. The molecule has 6 heteroatoms. The lowest BCUT2D eigenvalue weighted by molar-refractivity contribution is 0.0696. The van der Waals surface area contributed by atoms with Crippen molar-refractivity contribution in [3.63, 3.8) is 0 Å². The number of imidazole rings is 1. The van der Waals surface area contributed by atoms with E-state index in [-0.39, 0.29) is 5.56 Å². The van der Waals surface area contributed by atoms with Crippen LogP contribution >= 0.6 is 11.8 Å². The molecule has 0 aliphatic heterocycles. The number of carboxylic acid groups (broad SMARTS) is 1. The molecular formula is C15H13N3O2S. The Bertz CT molecular complexity index is 796. The first-order valence-electron chi connectivity index (χ1n) is 6.39.